The van der Waals surface area contributed by atoms with Crippen LogP contribution in [0.25, 0.3) is 10.9 Å². The summed E-state index contributed by atoms with van der Waals surface area (Å²) in [5.41, 5.74) is 0.220. The Kier molecular flexibility index (Phi) is 3.64. The van der Waals surface area contributed by atoms with Crippen molar-refractivity contribution >= 4 is 22.8 Å². The van der Waals surface area contributed by atoms with Crippen molar-refractivity contribution in [1.29, 1.82) is 0 Å². The molecule has 1 aliphatic carbocycles. The minimum atomic E-state index is -1.13. The van der Waals surface area contributed by atoms with E-state index < -0.39 is 11.5 Å². The minimum absolute atomic E-state index is 0.326. The fourth-order valence-corrected chi connectivity index (χ4v) is 3.13. The van der Waals surface area contributed by atoms with E-state index in [1.54, 1.807) is 12.1 Å². The molecule has 1 heterocycles. The number of hydrogen-bond acceptors (Lipinski definition) is 2. The summed E-state index contributed by atoms with van der Waals surface area (Å²) < 4.78 is 0. The predicted molar refractivity (Wildman–Crippen MR) is 83.8 cm³/mol. The van der Waals surface area contributed by atoms with Crippen LogP contribution in [-0.4, -0.2) is 27.5 Å². The van der Waals surface area contributed by atoms with Gasteiger partial charge in [0.15, 0.2) is 0 Å². The van der Waals surface area contributed by atoms with Gasteiger partial charge in [0.1, 0.15) is 5.54 Å². The third kappa shape index (κ3) is 2.58. The van der Waals surface area contributed by atoms with Crippen LogP contribution >= 0.6 is 0 Å². The first kappa shape index (κ1) is 14.6. The van der Waals surface area contributed by atoms with Crippen molar-refractivity contribution < 1.29 is 14.7 Å². The summed E-state index contributed by atoms with van der Waals surface area (Å²) in [5.74, 6) is -0.748. The first-order valence-electron chi connectivity index (χ1n) is 7.63. The van der Waals surface area contributed by atoms with Crippen molar-refractivity contribution in [3.8, 4) is 0 Å². The van der Waals surface area contributed by atoms with Gasteiger partial charge in [-0.2, -0.15) is 0 Å². The Morgan fingerprint density at radius 2 is 2.00 bits per heavy atom. The highest BCUT2D eigenvalue weighted by Crippen LogP contribution is 2.32. The van der Waals surface area contributed by atoms with E-state index in [4.69, 9.17) is 0 Å². The van der Waals surface area contributed by atoms with Crippen LogP contribution in [0.4, 0.5) is 0 Å². The topological polar surface area (TPSA) is 82.2 Å². The number of H-pyrrole nitrogens is 1. The maximum atomic E-state index is 12.5. The smallest absolute Gasteiger partial charge is 0.329 e. The summed E-state index contributed by atoms with van der Waals surface area (Å²) in [5, 5.41) is 13.4. The van der Waals surface area contributed by atoms with E-state index in [9.17, 15) is 14.7 Å². The van der Waals surface area contributed by atoms with E-state index in [-0.39, 0.29) is 5.91 Å². The molecule has 5 heteroatoms. The van der Waals surface area contributed by atoms with Gasteiger partial charge in [-0.25, -0.2) is 4.79 Å². The number of aromatic nitrogens is 1. The third-order valence-corrected chi connectivity index (χ3v) is 4.71. The molecule has 0 aliphatic heterocycles. The van der Waals surface area contributed by atoms with Gasteiger partial charge in [0, 0.05) is 17.3 Å². The number of amides is 1. The number of aromatic amines is 1. The van der Waals surface area contributed by atoms with Crippen LogP contribution in [-0.2, 0) is 4.79 Å². The Bertz CT molecular complexity index is 712. The number of benzene rings is 1. The van der Waals surface area contributed by atoms with Crippen LogP contribution in [0.3, 0.4) is 0 Å². The normalized spacial score (nSPS) is 25.0. The average molecular weight is 300 g/mol. The highest BCUT2D eigenvalue weighted by Gasteiger charge is 2.42. The number of aliphatic carboxylic acids is 1. The first-order valence-corrected chi connectivity index (χ1v) is 7.63. The van der Waals surface area contributed by atoms with Crippen molar-refractivity contribution in [3.05, 3.63) is 36.0 Å². The van der Waals surface area contributed by atoms with Crippen molar-refractivity contribution in [2.24, 2.45) is 5.92 Å². The second kappa shape index (κ2) is 5.48. The minimum Gasteiger partial charge on any atom is -0.480 e. The number of fused-ring (bicyclic) bond motifs is 1. The molecular formula is C17H20N2O3. The summed E-state index contributed by atoms with van der Waals surface area (Å²) in [4.78, 5) is 27.2. The number of hydrogen-bond donors (Lipinski definition) is 3. The molecule has 1 aliphatic rings. The van der Waals surface area contributed by atoms with Gasteiger partial charge in [-0.1, -0.05) is 13.0 Å². The van der Waals surface area contributed by atoms with Gasteiger partial charge in [-0.3, -0.25) is 4.79 Å². The fourth-order valence-electron chi connectivity index (χ4n) is 3.13. The summed E-state index contributed by atoms with van der Waals surface area (Å²) >= 11 is 0. The average Bonchev–Trinajstić information content (AvgIpc) is 2.97. The lowest BCUT2D eigenvalue weighted by Crippen LogP contribution is -2.56. The molecule has 0 saturated heterocycles. The Labute approximate surface area is 128 Å². The van der Waals surface area contributed by atoms with E-state index in [0.29, 0.717) is 24.3 Å². The standard InChI is InChI=1S/C17H20N2O3/c1-11-4-7-17(8-5-11,16(21)22)19-15(20)13-3-2-12-6-9-18-14(12)10-13/h2-3,6,9-11,18H,4-5,7-8H2,1H3,(H,19,20)(H,21,22). The molecule has 1 saturated carbocycles. The molecule has 22 heavy (non-hydrogen) atoms. The monoisotopic (exact) mass is 300 g/mol. The van der Waals surface area contributed by atoms with Crippen LogP contribution in [0.2, 0.25) is 0 Å². The second-order valence-corrected chi connectivity index (χ2v) is 6.30. The molecule has 3 rings (SSSR count). The molecule has 0 radical (unpaired) electrons. The van der Waals surface area contributed by atoms with E-state index >= 15 is 0 Å². The van der Waals surface area contributed by atoms with Gasteiger partial charge in [0.05, 0.1) is 0 Å². The summed E-state index contributed by atoms with van der Waals surface area (Å²) in [6.07, 6.45) is 4.43. The quantitative estimate of drug-likeness (QED) is 0.815. The van der Waals surface area contributed by atoms with Crippen LogP contribution in [0, 0.1) is 5.92 Å². The maximum absolute atomic E-state index is 12.5. The number of carboxylic acids is 1. The molecule has 2 aromatic rings. The van der Waals surface area contributed by atoms with Crippen LogP contribution in [0.15, 0.2) is 30.5 Å². The molecule has 1 fully saturated rings. The molecule has 5 nitrogen and oxygen atoms in total. The van der Waals surface area contributed by atoms with E-state index in [1.165, 1.54) is 0 Å². The van der Waals surface area contributed by atoms with Crippen LogP contribution in [0.5, 0.6) is 0 Å². The Morgan fingerprint density at radius 3 is 2.68 bits per heavy atom. The third-order valence-electron chi connectivity index (χ3n) is 4.71. The zero-order valence-corrected chi connectivity index (χ0v) is 12.6. The van der Waals surface area contributed by atoms with Crippen molar-refractivity contribution in [3.63, 3.8) is 0 Å². The Balaban J connectivity index is 1.83. The lowest BCUT2D eigenvalue weighted by molar-refractivity contribution is -0.146. The molecule has 1 aromatic carbocycles. The SMILES string of the molecule is CC1CCC(NC(=O)c2ccc3cc[nH]c3c2)(C(=O)O)CC1. The van der Waals surface area contributed by atoms with Gasteiger partial charge in [0.2, 0.25) is 0 Å². The second-order valence-electron chi connectivity index (χ2n) is 6.30. The molecule has 0 spiro atoms. The number of carbonyl (C=O) groups excluding carboxylic acids is 1. The van der Waals surface area contributed by atoms with E-state index in [0.717, 1.165) is 23.7 Å². The zero-order chi connectivity index (χ0) is 15.7. The summed E-state index contributed by atoms with van der Waals surface area (Å²) in [7, 11) is 0. The van der Waals surface area contributed by atoms with E-state index in [2.05, 4.69) is 17.2 Å². The molecule has 0 atom stereocenters. The Morgan fingerprint density at radius 1 is 1.27 bits per heavy atom. The predicted octanol–water partition coefficient (Wildman–Crippen LogP) is 2.93. The largest absolute Gasteiger partial charge is 0.480 e. The molecular weight excluding hydrogens is 280 g/mol. The van der Waals surface area contributed by atoms with Gasteiger partial charge in [0.25, 0.3) is 5.91 Å². The summed E-state index contributed by atoms with van der Waals surface area (Å²) in [6.45, 7) is 2.12. The van der Waals surface area contributed by atoms with Crippen LogP contribution in [0.1, 0.15) is 43.0 Å². The zero-order valence-electron chi connectivity index (χ0n) is 12.6. The highest BCUT2D eigenvalue weighted by atomic mass is 16.4. The number of carbonyl (C=O) groups is 2. The van der Waals surface area contributed by atoms with Crippen molar-refractivity contribution in [1.82, 2.24) is 10.3 Å². The Hall–Kier alpha value is -2.30. The number of rotatable bonds is 3. The molecule has 0 unspecified atom stereocenters. The fraction of sp³-hybridized carbons (Fsp3) is 0.412. The summed E-state index contributed by atoms with van der Waals surface area (Å²) in [6, 6.07) is 7.27. The molecule has 1 amide bonds. The van der Waals surface area contributed by atoms with Gasteiger partial charge in [-0.05, 0) is 55.2 Å². The first-order chi connectivity index (χ1) is 10.5. The highest BCUT2D eigenvalue weighted by molar-refractivity contribution is 6.00. The lowest BCUT2D eigenvalue weighted by Gasteiger charge is -2.36. The maximum Gasteiger partial charge on any atom is 0.329 e. The molecule has 1 aromatic heterocycles. The van der Waals surface area contributed by atoms with Crippen molar-refractivity contribution in [2.45, 2.75) is 38.1 Å². The van der Waals surface area contributed by atoms with Gasteiger partial charge >= 0.3 is 5.97 Å². The molecule has 0 bridgehead atoms. The lowest BCUT2D eigenvalue weighted by atomic mass is 9.77. The van der Waals surface area contributed by atoms with Gasteiger partial charge < -0.3 is 15.4 Å². The number of nitrogens with one attached hydrogen (secondary N) is 2. The molecule has 116 valence electrons. The van der Waals surface area contributed by atoms with Crippen molar-refractivity contribution in [2.75, 3.05) is 0 Å². The molecule has 3 N–H and O–H groups in total. The number of carboxylic acid groups (broad SMARTS) is 1. The van der Waals surface area contributed by atoms with Crippen LogP contribution < -0.4 is 5.32 Å². The van der Waals surface area contributed by atoms with Gasteiger partial charge in [-0.15, -0.1) is 0 Å². The van der Waals surface area contributed by atoms with E-state index in [1.807, 2.05) is 18.3 Å².